The molecule has 1 N–H and O–H groups in total. The van der Waals surface area contributed by atoms with E-state index in [1.807, 2.05) is 0 Å². The molecule has 0 heterocycles. The molecule has 1 saturated carbocycles. The second-order valence-corrected chi connectivity index (χ2v) is 6.46. The summed E-state index contributed by atoms with van der Waals surface area (Å²) in [5.74, 6) is 1.70. The Labute approximate surface area is 114 Å². The molecule has 0 aromatic heterocycles. The van der Waals surface area contributed by atoms with Crippen molar-refractivity contribution in [3.8, 4) is 0 Å². The van der Waals surface area contributed by atoms with Crippen molar-refractivity contribution in [3.63, 3.8) is 0 Å². The third-order valence-corrected chi connectivity index (χ3v) is 3.60. The standard InChI is InChI=1S/C15H33N3/c1-6-16-15(14-7-8-14)12-18(11-13(2)3)10-9-17(4)5/h13-16H,6-12H2,1-5H3. The summed E-state index contributed by atoms with van der Waals surface area (Å²) in [4.78, 5) is 4.93. The van der Waals surface area contributed by atoms with E-state index in [-0.39, 0.29) is 0 Å². The van der Waals surface area contributed by atoms with E-state index in [9.17, 15) is 0 Å². The highest BCUT2D eigenvalue weighted by molar-refractivity contribution is 4.88. The molecule has 0 saturated heterocycles. The third kappa shape index (κ3) is 6.72. The third-order valence-electron chi connectivity index (χ3n) is 3.60. The average Bonchev–Trinajstić information content (AvgIpc) is 3.08. The molecule has 3 heteroatoms. The molecule has 1 aliphatic carbocycles. The van der Waals surface area contributed by atoms with Crippen LogP contribution in [-0.4, -0.2) is 62.7 Å². The van der Waals surface area contributed by atoms with Gasteiger partial charge in [-0.2, -0.15) is 0 Å². The summed E-state index contributed by atoms with van der Waals surface area (Å²) in [7, 11) is 4.33. The van der Waals surface area contributed by atoms with Gasteiger partial charge in [-0.3, -0.25) is 0 Å². The van der Waals surface area contributed by atoms with Crippen LogP contribution in [0.2, 0.25) is 0 Å². The monoisotopic (exact) mass is 255 g/mol. The lowest BCUT2D eigenvalue weighted by molar-refractivity contribution is 0.192. The largest absolute Gasteiger partial charge is 0.313 e. The zero-order valence-corrected chi connectivity index (χ0v) is 13.1. The van der Waals surface area contributed by atoms with Gasteiger partial charge in [-0.1, -0.05) is 20.8 Å². The Balaban J connectivity index is 2.41. The number of hydrogen-bond donors (Lipinski definition) is 1. The SMILES string of the molecule is CCNC(CN(CCN(C)C)CC(C)C)C1CC1. The van der Waals surface area contributed by atoms with E-state index in [1.54, 1.807) is 0 Å². The van der Waals surface area contributed by atoms with E-state index in [0.29, 0.717) is 0 Å². The van der Waals surface area contributed by atoms with Crippen LogP contribution >= 0.6 is 0 Å². The Morgan fingerprint density at radius 1 is 1.11 bits per heavy atom. The first kappa shape index (κ1) is 15.9. The molecule has 1 unspecified atom stereocenters. The van der Waals surface area contributed by atoms with E-state index in [0.717, 1.165) is 31.0 Å². The Kier molecular flexibility index (Phi) is 7.20. The molecule has 1 aliphatic rings. The summed E-state index contributed by atoms with van der Waals surface area (Å²) in [6, 6.07) is 0.718. The van der Waals surface area contributed by atoms with Crippen molar-refractivity contribution < 1.29 is 0 Å². The van der Waals surface area contributed by atoms with Crippen molar-refractivity contribution in [2.24, 2.45) is 11.8 Å². The van der Waals surface area contributed by atoms with Crippen molar-refractivity contribution in [1.29, 1.82) is 0 Å². The van der Waals surface area contributed by atoms with Gasteiger partial charge in [-0.25, -0.2) is 0 Å². The van der Waals surface area contributed by atoms with Crippen molar-refractivity contribution in [3.05, 3.63) is 0 Å². The van der Waals surface area contributed by atoms with Crippen molar-refractivity contribution in [2.75, 3.05) is 46.8 Å². The molecule has 0 aromatic carbocycles. The van der Waals surface area contributed by atoms with Crippen LogP contribution in [0.5, 0.6) is 0 Å². The summed E-state index contributed by atoms with van der Waals surface area (Å²) < 4.78 is 0. The second-order valence-electron chi connectivity index (χ2n) is 6.46. The Morgan fingerprint density at radius 2 is 1.78 bits per heavy atom. The number of nitrogens with zero attached hydrogens (tertiary/aromatic N) is 2. The molecular formula is C15H33N3. The van der Waals surface area contributed by atoms with Gasteiger partial charge < -0.3 is 15.1 Å². The molecule has 3 nitrogen and oxygen atoms in total. The number of rotatable bonds is 10. The summed E-state index contributed by atoms with van der Waals surface area (Å²) in [5, 5.41) is 3.68. The smallest absolute Gasteiger partial charge is 0.0223 e. The fourth-order valence-electron chi connectivity index (χ4n) is 2.53. The Morgan fingerprint density at radius 3 is 2.22 bits per heavy atom. The van der Waals surface area contributed by atoms with Crippen molar-refractivity contribution in [2.45, 2.75) is 39.7 Å². The van der Waals surface area contributed by atoms with Gasteiger partial charge in [0.1, 0.15) is 0 Å². The highest BCUT2D eigenvalue weighted by Gasteiger charge is 2.31. The van der Waals surface area contributed by atoms with Crippen LogP contribution in [0.3, 0.4) is 0 Å². The van der Waals surface area contributed by atoms with Crippen LogP contribution in [0.1, 0.15) is 33.6 Å². The molecule has 0 spiro atoms. The molecule has 0 aromatic rings. The number of likely N-dealkylation sites (N-methyl/N-ethyl adjacent to an activating group) is 2. The normalized spacial score (nSPS) is 18.0. The molecular weight excluding hydrogens is 222 g/mol. The van der Waals surface area contributed by atoms with Gasteiger partial charge in [0.15, 0.2) is 0 Å². The number of nitrogens with one attached hydrogen (secondary N) is 1. The van der Waals surface area contributed by atoms with Gasteiger partial charge in [-0.05, 0) is 45.3 Å². The lowest BCUT2D eigenvalue weighted by atomic mass is 10.1. The van der Waals surface area contributed by atoms with Gasteiger partial charge >= 0.3 is 0 Å². The van der Waals surface area contributed by atoms with Crippen LogP contribution in [0.15, 0.2) is 0 Å². The van der Waals surface area contributed by atoms with Gasteiger partial charge in [-0.15, -0.1) is 0 Å². The summed E-state index contributed by atoms with van der Waals surface area (Å²) in [6.45, 7) is 12.8. The minimum atomic E-state index is 0.718. The van der Waals surface area contributed by atoms with Crippen LogP contribution in [0.4, 0.5) is 0 Å². The van der Waals surface area contributed by atoms with E-state index < -0.39 is 0 Å². The first-order chi connectivity index (χ1) is 8.52. The van der Waals surface area contributed by atoms with E-state index in [4.69, 9.17) is 0 Å². The maximum atomic E-state index is 3.68. The molecule has 1 rings (SSSR count). The Hall–Kier alpha value is -0.120. The maximum Gasteiger partial charge on any atom is 0.0223 e. The fraction of sp³-hybridized carbons (Fsp3) is 1.00. The molecule has 0 aliphatic heterocycles. The molecule has 0 amide bonds. The van der Waals surface area contributed by atoms with Gasteiger partial charge in [0.05, 0.1) is 0 Å². The summed E-state index contributed by atoms with van der Waals surface area (Å²) >= 11 is 0. The number of hydrogen-bond acceptors (Lipinski definition) is 3. The van der Waals surface area contributed by atoms with Crippen LogP contribution in [0.25, 0.3) is 0 Å². The molecule has 0 radical (unpaired) electrons. The molecule has 1 atom stereocenters. The highest BCUT2D eigenvalue weighted by atomic mass is 15.2. The van der Waals surface area contributed by atoms with Gasteiger partial charge in [0.25, 0.3) is 0 Å². The van der Waals surface area contributed by atoms with Crippen LogP contribution < -0.4 is 5.32 Å². The van der Waals surface area contributed by atoms with E-state index in [1.165, 1.54) is 32.5 Å². The summed E-state index contributed by atoms with van der Waals surface area (Å²) in [6.07, 6.45) is 2.86. The summed E-state index contributed by atoms with van der Waals surface area (Å²) in [5.41, 5.74) is 0. The lowest BCUT2D eigenvalue weighted by Crippen LogP contribution is -2.45. The molecule has 1 fully saturated rings. The predicted molar refractivity (Wildman–Crippen MR) is 80.0 cm³/mol. The predicted octanol–water partition coefficient (Wildman–Crippen LogP) is 1.89. The fourth-order valence-corrected chi connectivity index (χ4v) is 2.53. The average molecular weight is 255 g/mol. The lowest BCUT2D eigenvalue weighted by Gasteiger charge is -2.30. The van der Waals surface area contributed by atoms with Gasteiger partial charge in [0, 0.05) is 32.2 Å². The highest BCUT2D eigenvalue weighted by Crippen LogP contribution is 2.33. The minimum absolute atomic E-state index is 0.718. The van der Waals surface area contributed by atoms with Crippen LogP contribution in [0, 0.1) is 11.8 Å². The molecule has 108 valence electrons. The maximum absolute atomic E-state index is 3.68. The van der Waals surface area contributed by atoms with E-state index in [2.05, 4.69) is 50.0 Å². The van der Waals surface area contributed by atoms with Crippen LogP contribution in [-0.2, 0) is 0 Å². The van der Waals surface area contributed by atoms with Crippen molar-refractivity contribution in [1.82, 2.24) is 15.1 Å². The first-order valence-electron chi connectivity index (χ1n) is 7.63. The zero-order valence-electron chi connectivity index (χ0n) is 13.1. The van der Waals surface area contributed by atoms with Gasteiger partial charge in [0.2, 0.25) is 0 Å². The minimum Gasteiger partial charge on any atom is -0.313 e. The quantitative estimate of drug-likeness (QED) is 0.643. The Bertz CT molecular complexity index is 212. The second kappa shape index (κ2) is 8.13. The topological polar surface area (TPSA) is 18.5 Å². The van der Waals surface area contributed by atoms with E-state index >= 15 is 0 Å². The first-order valence-corrected chi connectivity index (χ1v) is 7.63. The zero-order chi connectivity index (χ0) is 13.5. The molecule has 18 heavy (non-hydrogen) atoms. The van der Waals surface area contributed by atoms with Crippen molar-refractivity contribution >= 4 is 0 Å². The molecule has 0 bridgehead atoms.